The van der Waals surface area contributed by atoms with E-state index in [4.69, 9.17) is 18.0 Å². The molecule has 0 amide bonds. The topological polar surface area (TPSA) is 63.8 Å². The molecule has 0 radical (unpaired) electrons. The third-order valence-electron chi connectivity index (χ3n) is 2.70. The van der Waals surface area contributed by atoms with Crippen LogP contribution in [0.5, 0.6) is 0 Å². The first-order chi connectivity index (χ1) is 8.97. The number of nitrogens with one attached hydrogen (secondary N) is 1. The van der Waals surface area contributed by atoms with Crippen molar-refractivity contribution in [3.05, 3.63) is 39.5 Å². The van der Waals surface area contributed by atoms with E-state index in [9.17, 15) is 0 Å². The lowest BCUT2D eigenvalue weighted by Crippen LogP contribution is -2.14. The van der Waals surface area contributed by atoms with Gasteiger partial charge in [-0.25, -0.2) is 9.97 Å². The zero-order valence-corrected chi connectivity index (χ0v) is 12.7. The highest BCUT2D eigenvalue weighted by Crippen LogP contribution is 2.26. The Kier molecular flexibility index (Phi) is 4.11. The Morgan fingerprint density at radius 1 is 1.37 bits per heavy atom. The van der Waals surface area contributed by atoms with E-state index in [0.717, 1.165) is 16.5 Å². The van der Waals surface area contributed by atoms with Gasteiger partial charge in [-0.2, -0.15) is 0 Å². The molecule has 0 saturated heterocycles. The van der Waals surface area contributed by atoms with E-state index in [2.05, 4.69) is 22.2 Å². The van der Waals surface area contributed by atoms with Gasteiger partial charge in [0.15, 0.2) is 0 Å². The van der Waals surface area contributed by atoms with Gasteiger partial charge >= 0.3 is 0 Å². The van der Waals surface area contributed by atoms with Crippen molar-refractivity contribution in [1.82, 2.24) is 9.97 Å². The second-order valence-electron chi connectivity index (χ2n) is 4.32. The van der Waals surface area contributed by atoms with Gasteiger partial charge in [0, 0.05) is 4.88 Å². The van der Waals surface area contributed by atoms with Crippen molar-refractivity contribution >= 4 is 34.4 Å². The van der Waals surface area contributed by atoms with Gasteiger partial charge in [0.1, 0.15) is 10.8 Å². The number of aryl methyl sites for hydroxylation is 2. The summed E-state index contributed by atoms with van der Waals surface area (Å²) < 4.78 is 0. The highest BCUT2D eigenvalue weighted by atomic mass is 32.1. The van der Waals surface area contributed by atoms with Gasteiger partial charge in [0.2, 0.25) is 0 Å². The van der Waals surface area contributed by atoms with E-state index in [-0.39, 0.29) is 6.04 Å². The molecule has 2 rings (SSSR count). The van der Waals surface area contributed by atoms with E-state index in [0.29, 0.717) is 10.7 Å². The minimum atomic E-state index is 0.153. The molecule has 0 aromatic carbocycles. The summed E-state index contributed by atoms with van der Waals surface area (Å²) in [5.41, 5.74) is 7.28. The van der Waals surface area contributed by atoms with Crippen molar-refractivity contribution in [3.63, 3.8) is 0 Å². The molecule has 0 spiro atoms. The number of thiazole rings is 1. The number of hydrogen-bond acceptors (Lipinski definition) is 5. The van der Waals surface area contributed by atoms with Crippen LogP contribution >= 0.6 is 23.6 Å². The monoisotopic (exact) mass is 292 g/mol. The molecule has 0 saturated carbocycles. The van der Waals surface area contributed by atoms with Gasteiger partial charge in [-0.1, -0.05) is 18.3 Å². The standard InChI is InChI=1S/C13H16N4S2/c1-7-12(19-9(3)15-7)8(2)16-11-6-4-5-10(17-11)13(14)18/h4-6,8H,1-3H3,(H2,14,18)(H,16,17). The van der Waals surface area contributed by atoms with E-state index in [1.165, 1.54) is 4.88 Å². The molecular formula is C13H16N4S2. The van der Waals surface area contributed by atoms with Crippen molar-refractivity contribution in [1.29, 1.82) is 0 Å². The van der Waals surface area contributed by atoms with Crippen LogP contribution in [-0.4, -0.2) is 15.0 Å². The molecule has 2 aromatic heterocycles. The average Bonchev–Trinajstić information content (AvgIpc) is 2.69. The molecule has 0 aliphatic heterocycles. The van der Waals surface area contributed by atoms with Crippen LogP contribution in [0.4, 0.5) is 5.82 Å². The second-order valence-corrected chi connectivity index (χ2v) is 6.00. The summed E-state index contributed by atoms with van der Waals surface area (Å²) >= 11 is 6.63. The molecule has 2 heterocycles. The largest absolute Gasteiger partial charge is 0.388 e. The maximum Gasteiger partial charge on any atom is 0.127 e. The van der Waals surface area contributed by atoms with Crippen LogP contribution in [0.3, 0.4) is 0 Å². The molecule has 100 valence electrons. The van der Waals surface area contributed by atoms with Gasteiger partial charge in [-0.3, -0.25) is 0 Å². The van der Waals surface area contributed by atoms with Crippen LogP contribution in [0.25, 0.3) is 0 Å². The highest BCUT2D eigenvalue weighted by Gasteiger charge is 2.13. The predicted octanol–water partition coefficient (Wildman–Crippen LogP) is 2.96. The molecule has 0 fully saturated rings. The number of anilines is 1. The third kappa shape index (κ3) is 3.27. The first-order valence-electron chi connectivity index (χ1n) is 5.94. The fraction of sp³-hybridized carbons (Fsp3) is 0.308. The number of pyridine rings is 1. The van der Waals surface area contributed by atoms with Gasteiger partial charge in [0.05, 0.1) is 22.4 Å². The minimum absolute atomic E-state index is 0.153. The average molecular weight is 292 g/mol. The lowest BCUT2D eigenvalue weighted by atomic mass is 10.2. The molecule has 2 aromatic rings. The molecule has 6 heteroatoms. The van der Waals surface area contributed by atoms with Gasteiger partial charge < -0.3 is 11.1 Å². The van der Waals surface area contributed by atoms with Gasteiger partial charge in [0.25, 0.3) is 0 Å². The summed E-state index contributed by atoms with van der Waals surface area (Å²) in [6, 6.07) is 5.75. The molecule has 1 atom stereocenters. The summed E-state index contributed by atoms with van der Waals surface area (Å²) in [5, 5.41) is 4.43. The lowest BCUT2D eigenvalue weighted by molar-refractivity contribution is 0.879. The smallest absolute Gasteiger partial charge is 0.127 e. The first-order valence-corrected chi connectivity index (χ1v) is 7.17. The maximum absolute atomic E-state index is 5.59. The van der Waals surface area contributed by atoms with Crippen LogP contribution in [0.15, 0.2) is 18.2 Å². The van der Waals surface area contributed by atoms with Crippen LogP contribution in [-0.2, 0) is 0 Å². The summed E-state index contributed by atoms with van der Waals surface area (Å²) in [5.74, 6) is 0.767. The number of nitrogens with two attached hydrogens (primary N) is 1. The third-order valence-corrected chi connectivity index (χ3v) is 4.16. The van der Waals surface area contributed by atoms with Crippen LogP contribution in [0, 0.1) is 13.8 Å². The normalized spacial score (nSPS) is 12.2. The Bertz CT molecular complexity index is 606. The number of hydrogen-bond donors (Lipinski definition) is 2. The fourth-order valence-electron chi connectivity index (χ4n) is 1.89. The Balaban J connectivity index is 2.19. The lowest BCUT2D eigenvalue weighted by Gasteiger charge is -2.14. The molecule has 0 bridgehead atoms. The molecule has 1 unspecified atom stereocenters. The van der Waals surface area contributed by atoms with Crippen molar-refractivity contribution in [2.45, 2.75) is 26.8 Å². The van der Waals surface area contributed by atoms with E-state index in [1.807, 2.05) is 26.0 Å². The second kappa shape index (κ2) is 5.63. The molecule has 4 nitrogen and oxygen atoms in total. The molecule has 0 aliphatic rings. The summed E-state index contributed by atoms with van der Waals surface area (Å²) in [4.78, 5) is 10.3. The Morgan fingerprint density at radius 2 is 2.11 bits per heavy atom. The summed E-state index contributed by atoms with van der Waals surface area (Å²) in [6.45, 7) is 6.13. The number of aromatic nitrogens is 2. The molecule has 0 aliphatic carbocycles. The number of nitrogens with zero attached hydrogens (tertiary/aromatic N) is 2. The summed E-state index contributed by atoms with van der Waals surface area (Å²) in [6.07, 6.45) is 0. The van der Waals surface area contributed by atoms with Crippen molar-refractivity contribution < 1.29 is 0 Å². The summed E-state index contributed by atoms with van der Waals surface area (Å²) in [7, 11) is 0. The van der Waals surface area contributed by atoms with Crippen LogP contribution < -0.4 is 11.1 Å². The van der Waals surface area contributed by atoms with E-state index in [1.54, 1.807) is 17.4 Å². The predicted molar refractivity (Wildman–Crippen MR) is 83.8 cm³/mol. The van der Waals surface area contributed by atoms with Crippen LogP contribution in [0.1, 0.15) is 34.2 Å². The van der Waals surface area contributed by atoms with Gasteiger partial charge in [-0.15, -0.1) is 11.3 Å². The van der Waals surface area contributed by atoms with E-state index >= 15 is 0 Å². The highest BCUT2D eigenvalue weighted by molar-refractivity contribution is 7.80. The molecular weight excluding hydrogens is 276 g/mol. The van der Waals surface area contributed by atoms with Crippen LogP contribution in [0.2, 0.25) is 0 Å². The van der Waals surface area contributed by atoms with Crippen molar-refractivity contribution in [2.24, 2.45) is 5.73 Å². The Labute approximate surface area is 122 Å². The van der Waals surface area contributed by atoms with Crippen molar-refractivity contribution in [2.75, 3.05) is 5.32 Å². The SMILES string of the molecule is Cc1nc(C)c(C(C)Nc2cccc(C(N)=S)n2)s1. The quantitative estimate of drug-likeness (QED) is 0.848. The zero-order chi connectivity index (χ0) is 14.0. The first kappa shape index (κ1) is 13.9. The number of thiocarbonyl (C=S) groups is 1. The minimum Gasteiger partial charge on any atom is -0.388 e. The fourth-order valence-corrected chi connectivity index (χ4v) is 2.93. The maximum atomic E-state index is 5.59. The Morgan fingerprint density at radius 3 is 2.68 bits per heavy atom. The van der Waals surface area contributed by atoms with Gasteiger partial charge in [-0.05, 0) is 32.9 Å². The molecule has 3 N–H and O–H groups in total. The Hall–Kier alpha value is -1.53. The zero-order valence-electron chi connectivity index (χ0n) is 11.1. The molecule has 19 heavy (non-hydrogen) atoms. The van der Waals surface area contributed by atoms with Crippen molar-refractivity contribution in [3.8, 4) is 0 Å². The van der Waals surface area contributed by atoms with E-state index < -0.39 is 0 Å². The number of rotatable bonds is 4.